The Morgan fingerprint density at radius 3 is 2.33 bits per heavy atom. The number of halogens is 1. The van der Waals surface area contributed by atoms with E-state index in [-0.39, 0.29) is 27.8 Å². The average molecular weight is 415 g/mol. The molecule has 2 rings (SSSR count). The molecule has 0 bridgehead atoms. The molecular weight excluding hydrogens is 400 g/mol. The summed E-state index contributed by atoms with van der Waals surface area (Å²) in [4.78, 5) is 22.3. The Balaban J connectivity index is 2.45. The highest BCUT2D eigenvalue weighted by molar-refractivity contribution is 7.89. The van der Waals surface area contributed by atoms with E-state index in [1.165, 1.54) is 49.3 Å². The normalized spacial score (nSPS) is 11.2. The number of rotatable bonds is 7. The molecule has 27 heavy (non-hydrogen) atoms. The summed E-state index contributed by atoms with van der Waals surface area (Å²) in [6.45, 7) is 0.0411. The van der Waals surface area contributed by atoms with Crippen LogP contribution in [0.3, 0.4) is 0 Å². The van der Waals surface area contributed by atoms with Gasteiger partial charge in [-0.05, 0) is 30.8 Å². The van der Waals surface area contributed by atoms with Gasteiger partial charge in [0.1, 0.15) is 5.69 Å². The number of sulfonamides is 1. The van der Waals surface area contributed by atoms with Gasteiger partial charge in [0.25, 0.3) is 11.4 Å². The fourth-order valence-corrected chi connectivity index (χ4v) is 3.32. The summed E-state index contributed by atoms with van der Waals surface area (Å²) < 4.78 is 25.8. The van der Waals surface area contributed by atoms with E-state index in [9.17, 15) is 28.6 Å². The van der Waals surface area contributed by atoms with E-state index in [0.29, 0.717) is 5.56 Å². The van der Waals surface area contributed by atoms with Crippen LogP contribution >= 0.6 is 11.6 Å². The van der Waals surface area contributed by atoms with Crippen molar-refractivity contribution in [2.75, 3.05) is 19.0 Å². The number of nitrogens with one attached hydrogen (secondary N) is 1. The summed E-state index contributed by atoms with van der Waals surface area (Å²) in [7, 11) is -1.12. The van der Waals surface area contributed by atoms with E-state index in [1.54, 1.807) is 0 Å². The highest BCUT2D eigenvalue weighted by Gasteiger charge is 2.23. The van der Waals surface area contributed by atoms with E-state index in [0.717, 1.165) is 6.07 Å². The van der Waals surface area contributed by atoms with Crippen molar-refractivity contribution in [2.24, 2.45) is 0 Å². The Labute approximate surface area is 159 Å². The summed E-state index contributed by atoms with van der Waals surface area (Å²) in [5, 5.41) is 22.6. The molecule has 0 amide bonds. The monoisotopic (exact) mass is 414 g/mol. The number of hydrogen-bond donors (Lipinski definition) is 1. The Morgan fingerprint density at radius 2 is 1.78 bits per heavy atom. The summed E-state index contributed by atoms with van der Waals surface area (Å²) >= 11 is 6.07. The second-order valence-corrected chi connectivity index (χ2v) is 7.80. The van der Waals surface area contributed by atoms with Gasteiger partial charge in [0, 0.05) is 36.8 Å². The van der Waals surface area contributed by atoms with Gasteiger partial charge < -0.3 is 4.90 Å². The van der Waals surface area contributed by atoms with Gasteiger partial charge in [-0.2, -0.15) is 0 Å². The van der Waals surface area contributed by atoms with Gasteiger partial charge in [-0.25, -0.2) is 13.1 Å². The summed E-state index contributed by atoms with van der Waals surface area (Å²) in [6, 6.07) is 7.40. The van der Waals surface area contributed by atoms with Gasteiger partial charge in [-0.15, -0.1) is 0 Å². The topological polar surface area (TPSA) is 136 Å². The van der Waals surface area contributed by atoms with Crippen molar-refractivity contribution in [1.82, 2.24) is 4.72 Å². The molecule has 0 saturated heterocycles. The van der Waals surface area contributed by atoms with Crippen molar-refractivity contribution < 1.29 is 18.3 Å². The smallest absolute Gasteiger partial charge is 0.293 e. The third-order valence-corrected chi connectivity index (χ3v) is 5.56. The number of nitro benzene ring substituents is 2. The molecule has 0 fully saturated rings. The van der Waals surface area contributed by atoms with E-state index in [4.69, 9.17) is 11.6 Å². The third-order valence-electron chi connectivity index (χ3n) is 3.78. The number of nitro groups is 2. The van der Waals surface area contributed by atoms with Gasteiger partial charge in [0.15, 0.2) is 0 Å². The molecule has 0 saturated carbocycles. The summed E-state index contributed by atoms with van der Waals surface area (Å²) in [5.41, 5.74) is -0.0460. The molecule has 0 aliphatic heterocycles. The quantitative estimate of drug-likeness (QED) is 0.543. The predicted molar refractivity (Wildman–Crippen MR) is 99.6 cm³/mol. The Morgan fingerprint density at radius 1 is 1.11 bits per heavy atom. The lowest BCUT2D eigenvalue weighted by atomic mass is 10.1. The van der Waals surface area contributed by atoms with Gasteiger partial charge in [-0.1, -0.05) is 11.6 Å². The van der Waals surface area contributed by atoms with E-state index >= 15 is 0 Å². The molecule has 0 aliphatic carbocycles. The van der Waals surface area contributed by atoms with Gasteiger partial charge in [-0.3, -0.25) is 20.2 Å². The van der Waals surface area contributed by atoms with Crippen LogP contribution in [0.15, 0.2) is 41.3 Å². The molecule has 0 heterocycles. The molecule has 0 spiro atoms. The van der Waals surface area contributed by atoms with Crippen LogP contribution < -0.4 is 9.62 Å². The summed E-state index contributed by atoms with van der Waals surface area (Å²) in [6.07, 6.45) is 0. The van der Waals surface area contributed by atoms with Crippen LogP contribution in [-0.4, -0.2) is 32.4 Å². The molecule has 0 unspecified atom stereocenters. The molecular formula is C15H15ClN4O6S. The van der Waals surface area contributed by atoms with Crippen molar-refractivity contribution in [1.29, 1.82) is 0 Å². The predicted octanol–water partition coefficient (Wildman–Crippen LogP) is 2.70. The van der Waals surface area contributed by atoms with Crippen LogP contribution in [0.4, 0.5) is 17.1 Å². The van der Waals surface area contributed by atoms with Gasteiger partial charge in [0.05, 0.1) is 14.7 Å². The minimum Gasteiger partial charge on any atom is -0.365 e. The van der Waals surface area contributed by atoms with Crippen molar-refractivity contribution in [2.45, 2.75) is 11.4 Å². The lowest BCUT2D eigenvalue weighted by molar-refractivity contribution is -0.384. The lowest BCUT2D eigenvalue weighted by Crippen LogP contribution is -2.21. The molecule has 12 heteroatoms. The minimum atomic E-state index is -3.85. The van der Waals surface area contributed by atoms with E-state index in [2.05, 4.69) is 4.72 Å². The van der Waals surface area contributed by atoms with E-state index in [1.807, 2.05) is 0 Å². The second-order valence-electron chi connectivity index (χ2n) is 5.50. The Bertz CT molecular complexity index is 1010. The molecule has 144 valence electrons. The number of nitrogens with zero attached hydrogens (tertiary/aromatic N) is 3. The van der Waals surface area contributed by atoms with E-state index < -0.39 is 25.6 Å². The molecule has 2 aromatic carbocycles. The molecule has 0 atom stereocenters. The molecule has 0 aliphatic rings. The largest absolute Gasteiger partial charge is 0.365 e. The lowest BCUT2D eigenvalue weighted by Gasteiger charge is -2.20. The zero-order chi connectivity index (χ0) is 20.4. The first-order valence-electron chi connectivity index (χ1n) is 7.42. The minimum absolute atomic E-state index is 0.0411. The van der Waals surface area contributed by atoms with Crippen LogP contribution in [0, 0.1) is 20.2 Å². The maximum Gasteiger partial charge on any atom is 0.293 e. The Kier molecular flexibility index (Phi) is 5.98. The van der Waals surface area contributed by atoms with Crippen molar-refractivity contribution in [3.05, 3.63) is 67.2 Å². The summed E-state index contributed by atoms with van der Waals surface area (Å²) in [5.74, 6) is 0. The molecule has 0 aromatic heterocycles. The molecule has 0 radical (unpaired) electrons. The number of hydrogen-bond acceptors (Lipinski definition) is 7. The zero-order valence-corrected chi connectivity index (χ0v) is 15.8. The van der Waals surface area contributed by atoms with Crippen LogP contribution in [-0.2, 0) is 16.6 Å². The first-order chi connectivity index (χ1) is 12.6. The third kappa shape index (κ3) is 4.51. The van der Waals surface area contributed by atoms with Crippen molar-refractivity contribution in [3.8, 4) is 0 Å². The maximum absolute atomic E-state index is 11.9. The molecule has 10 nitrogen and oxygen atoms in total. The second kappa shape index (κ2) is 7.86. The fourth-order valence-electron chi connectivity index (χ4n) is 2.39. The van der Waals surface area contributed by atoms with Gasteiger partial charge in [0.2, 0.25) is 10.0 Å². The van der Waals surface area contributed by atoms with Gasteiger partial charge >= 0.3 is 0 Å². The van der Waals surface area contributed by atoms with Crippen LogP contribution in [0.5, 0.6) is 0 Å². The first kappa shape index (κ1) is 20.6. The number of benzene rings is 2. The SMILES string of the molecule is CNS(=O)(=O)c1ccc(N(C)Cc2cc([N+](=O)[O-])ccc2Cl)c([N+](=O)[O-])c1. The van der Waals surface area contributed by atoms with Crippen LogP contribution in [0.1, 0.15) is 5.56 Å². The van der Waals surface area contributed by atoms with Crippen molar-refractivity contribution in [3.63, 3.8) is 0 Å². The van der Waals surface area contributed by atoms with Crippen LogP contribution in [0.2, 0.25) is 5.02 Å². The highest BCUT2D eigenvalue weighted by atomic mass is 35.5. The maximum atomic E-state index is 11.9. The zero-order valence-electron chi connectivity index (χ0n) is 14.2. The Hall–Kier alpha value is -2.76. The average Bonchev–Trinajstić information content (AvgIpc) is 2.62. The van der Waals surface area contributed by atoms with Crippen molar-refractivity contribution >= 4 is 38.7 Å². The standard InChI is InChI=1S/C15H15ClN4O6S/c1-17-27(25,26)12-4-6-14(15(8-12)20(23)24)18(2)9-10-7-11(19(21)22)3-5-13(10)16/h3-8,17H,9H2,1-2H3. The number of anilines is 1. The number of non-ortho nitro benzene ring substituents is 1. The van der Waals surface area contributed by atoms with Crippen LogP contribution in [0.25, 0.3) is 0 Å². The first-order valence-corrected chi connectivity index (χ1v) is 9.29. The molecule has 2 aromatic rings. The molecule has 1 N–H and O–H groups in total. The fraction of sp³-hybridized carbons (Fsp3) is 0.200. The highest BCUT2D eigenvalue weighted by Crippen LogP contribution is 2.32.